The van der Waals surface area contributed by atoms with Crippen LogP contribution in [0.25, 0.3) is 0 Å². The Morgan fingerprint density at radius 3 is 2.45 bits per heavy atom. The largest absolute Gasteiger partial charge is 0.493 e. The highest BCUT2D eigenvalue weighted by molar-refractivity contribution is 9.10. The van der Waals surface area contributed by atoms with Gasteiger partial charge in [0.1, 0.15) is 11.5 Å². The number of hydrogen-bond acceptors (Lipinski definition) is 3. The molecule has 3 nitrogen and oxygen atoms in total. The summed E-state index contributed by atoms with van der Waals surface area (Å²) in [6.07, 6.45) is 0.828. The van der Waals surface area contributed by atoms with E-state index in [9.17, 15) is 0 Å². The van der Waals surface area contributed by atoms with Crippen LogP contribution in [0.4, 0.5) is 0 Å². The van der Waals surface area contributed by atoms with Crippen LogP contribution >= 0.6 is 15.9 Å². The van der Waals surface area contributed by atoms with Crippen molar-refractivity contribution in [2.45, 2.75) is 13.0 Å². The van der Waals surface area contributed by atoms with Gasteiger partial charge in [0.2, 0.25) is 0 Å². The van der Waals surface area contributed by atoms with E-state index in [4.69, 9.17) is 15.2 Å². The average Bonchev–Trinajstić information content (AvgIpc) is 2.49. The second kappa shape index (κ2) is 7.92. The molecule has 0 heterocycles. The number of rotatable bonds is 7. The highest BCUT2D eigenvalue weighted by Gasteiger charge is 2.03. The van der Waals surface area contributed by atoms with Gasteiger partial charge in [0, 0.05) is 23.0 Å². The van der Waals surface area contributed by atoms with Crippen molar-refractivity contribution in [3.8, 4) is 11.5 Å². The standard InChI is InChI=1S/C16H18BrNO2/c17-14-7-8-16(13(11-14)12-18)20-10-4-9-19-15-5-2-1-3-6-15/h1-3,5-8,11H,4,9-10,12,18H2. The van der Waals surface area contributed by atoms with Gasteiger partial charge in [0.25, 0.3) is 0 Å². The second-order valence-electron chi connectivity index (χ2n) is 4.32. The van der Waals surface area contributed by atoms with Crippen molar-refractivity contribution in [2.75, 3.05) is 13.2 Å². The maximum Gasteiger partial charge on any atom is 0.123 e. The summed E-state index contributed by atoms with van der Waals surface area (Å²) in [7, 11) is 0. The first-order chi connectivity index (χ1) is 9.79. The zero-order valence-electron chi connectivity index (χ0n) is 11.2. The lowest BCUT2D eigenvalue weighted by Gasteiger charge is -2.11. The molecule has 2 N–H and O–H groups in total. The predicted molar refractivity (Wildman–Crippen MR) is 84.1 cm³/mol. The Hall–Kier alpha value is -1.52. The van der Waals surface area contributed by atoms with Gasteiger partial charge in [-0.2, -0.15) is 0 Å². The Balaban J connectivity index is 1.73. The molecule has 0 saturated heterocycles. The van der Waals surface area contributed by atoms with E-state index in [2.05, 4.69) is 15.9 Å². The minimum atomic E-state index is 0.468. The van der Waals surface area contributed by atoms with Crippen LogP contribution in [0, 0.1) is 0 Å². The van der Waals surface area contributed by atoms with E-state index in [0.29, 0.717) is 19.8 Å². The third-order valence-corrected chi connectivity index (χ3v) is 3.29. The third kappa shape index (κ3) is 4.54. The molecule has 0 aliphatic heterocycles. The summed E-state index contributed by atoms with van der Waals surface area (Å²) in [4.78, 5) is 0. The fourth-order valence-corrected chi connectivity index (χ4v) is 2.20. The Kier molecular flexibility index (Phi) is 5.89. The molecule has 0 amide bonds. The summed E-state index contributed by atoms with van der Waals surface area (Å²) in [5, 5.41) is 0. The molecule has 0 aliphatic rings. The van der Waals surface area contributed by atoms with E-state index in [1.807, 2.05) is 48.5 Å². The lowest BCUT2D eigenvalue weighted by Crippen LogP contribution is -2.07. The zero-order valence-corrected chi connectivity index (χ0v) is 12.8. The first-order valence-corrected chi connectivity index (χ1v) is 7.38. The first-order valence-electron chi connectivity index (χ1n) is 6.59. The molecule has 2 rings (SSSR count). The fourth-order valence-electron chi connectivity index (χ4n) is 1.80. The normalized spacial score (nSPS) is 10.3. The summed E-state index contributed by atoms with van der Waals surface area (Å²) in [6, 6.07) is 15.7. The topological polar surface area (TPSA) is 44.5 Å². The van der Waals surface area contributed by atoms with Gasteiger partial charge in [-0.3, -0.25) is 0 Å². The van der Waals surface area contributed by atoms with Gasteiger partial charge in [0.15, 0.2) is 0 Å². The van der Waals surface area contributed by atoms with Crippen molar-refractivity contribution < 1.29 is 9.47 Å². The molecule has 4 heteroatoms. The van der Waals surface area contributed by atoms with E-state index in [1.54, 1.807) is 0 Å². The maximum atomic E-state index is 5.74. The third-order valence-electron chi connectivity index (χ3n) is 2.80. The number of ether oxygens (including phenoxy) is 2. The zero-order chi connectivity index (χ0) is 14.2. The molecule has 0 spiro atoms. The van der Waals surface area contributed by atoms with Crippen molar-refractivity contribution in [2.24, 2.45) is 5.73 Å². The Bertz CT molecular complexity index is 531. The molecule has 0 aliphatic carbocycles. The van der Waals surface area contributed by atoms with Gasteiger partial charge in [-0.15, -0.1) is 0 Å². The van der Waals surface area contributed by atoms with E-state index in [1.165, 1.54) is 0 Å². The smallest absolute Gasteiger partial charge is 0.123 e. The highest BCUT2D eigenvalue weighted by atomic mass is 79.9. The van der Waals surface area contributed by atoms with Crippen molar-refractivity contribution in [3.63, 3.8) is 0 Å². The fraction of sp³-hybridized carbons (Fsp3) is 0.250. The monoisotopic (exact) mass is 335 g/mol. The lowest BCUT2D eigenvalue weighted by atomic mass is 10.2. The van der Waals surface area contributed by atoms with Crippen molar-refractivity contribution in [3.05, 3.63) is 58.6 Å². The van der Waals surface area contributed by atoms with Crippen LogP contribution in [0.1, 0.15) is 12.0 Å². The Morgan fingerprint density at radius 2 is 1.70 bits per heavy atom. The van der Waals surface area contributed by atoms with E-state index in [-0.39, 0.29) is 0 Å². The number of benzene rings is 2. The van der Waals surface area contributed by atoms with Crippen LogP contribution in [0.3, 0.4) is 0 Å². The molecule has 0 saturated carbocycles. The van der Waals surface area contributed by atoms with Gasteiger partial charge < -0.3 is 15.2 Å². The van der Waals surface area contributed by atoms with Crippen molar-refractivity contribution in [1.82, 2.24) is 0 Å². The van der Waals surface area contributed by atoms with E-state index >= 15 is 0 Å². The first kappa shape index (κ1) is 14.9. The van der Waals surface area contributed by atoms with Crippen LogP contribution < -0.4 is 15.2 Å². The van der Waals surface area contributed by atoms with Crippen LogP contribution in [0.15, 0.2) is 53.0 Å². The van der Waals surface area contributed by atoms with Gasteiger partial charge in [-0.1, -0.05) is 34.1 Å². The number of hydrogen-bond donors (Lipinski definition) is 1. The molecule has 2 aromatic carbocycles. The summed E-state index contributed by atoms with van der Waals surface area (Å²) < 4.78 is 12.4. The van der Waals surface area contributed by atoms with Gasteiger partial charge >= 0.3 is 0 Å². The molecule has 106 valence electrons. The molecule has 0 radical (unpaired) electrons. The molecular weight excluding hydrogens is 318 g/mol. The van der Waals surface area contributed by atoms with E-state index in [0.717, 1.165) is 28.0 Å². The summed E-state index contributed by atoms with van der Waals surface area (Å²) in [5.74, 6) is 1.73. The molecule has 2 aromatic rings. The van der Waals surface area contributed by atoms with Crippen LogP contribution in [0.5, 0.6) is 11.5 Å². The SMILES string of the molecule is NCc1cc(Br)ccc1OCCCOc1ccccc1. The van der Waals surface area contributed by atoms with Crippen molar-refractivity contribution >= 4 is 15.9 Å². The van der Waals surface area contributed by atoms with Crippen LogP contribution in [-0.4, -0.2) is 13.2 Å². The highest BCUT2D eigenvalue weighted by Crippen LogP contribution is 2.22. The minimum absolute atomic E-state index is 0.468. The van der Waals surface area contributed by atoms with Gasteiger partial charge in [-0.05, 0) is 30.3 Å². The van der Waals surface area contributed by atoms with Crippen molar-refractivity contribution in [1.29, 1.82) is 0 Å². The Morgan fingerprint density at radius 1 is 0.950 bits per heavy atom. The number of halogens is 1. The molecule has 0 fully saturated rings. The molecule has 0 bridgehead atoms. The summed E-state index contributed by atoms with van der Waals surface area (Å²) in [5.41, 5.74) is 6.70. The molecule has 0 unspecified atom stereocenters. The van der Waals surface area contributed by atoms with Crippen LogP contribution in [0.2, 0.25) is 0 Å². The predicted octanol–water partition coefficient (Wildman–Crippen LogP) is 3.76. The molecule has 0 aromatic heterocycles. The minimum Gasteiger partial charge on any atom is -0.493 e. The van der Waals surface area contributed by atoms with E-state index < -0.39 is 0 Å². The lowest BCUT2D eigenvalue weighted by molar-refractivity contribution is 0.246. The maximum absolute atomic E-state index is 5.74. The number of para-hydroxylation sites is 1. The summed E-state index contributed by atoms with van der Waals surface area (Å²) >= 11 is 3.42. The number of nitrogens with two attached hydrogens (primary N) is 1. The van der Waals surface area contributed by atoms with Gasteiger partial charge in [0.05, 0.1) is 13.2 Å². The second-order valence-corrected chi connectivity index (χ2v) is 5.24. The Labute approximate surface area is 127 Å². The van der Waals surface area contributed by atoms with Crippen LogP contribution in [-0.2, 0) is 6.54 Å². The average molecular weight is 336 g/mol. The van der Waals surface area contributed by atoms with Gasteiger partial charge in [-0.25, -0.2) is 0 Å². The molecule has 0 atom stereocenters. The molecular formula is C16H18BrNO2. The summed E-state index contributed by atoms with van der Waals surface area (Å²) in [6.45, 7) is 1.72. The molecule has 20 heavy (non-hydrogen) atoms. The quantitative estimate of drug-likeness (QED) is 0.783.